The van der Waals surface area contributed by atoms with Gasteiger partial charge in [0, 0.05) is 23.2 Å². The first-order valence-corrected chi connectivity index (χ1v) is 6.21. The molecule has 0 radical (unpaired) electrons. The molecule has 0 spiro atoms. The zero-order valence-electron chi connectivity index (χ0n) is 9.26. The van der Waals surface area contributed by atoms with Crippen molar-refractivity contribution in [3.8, 4) is 0 Å². The van der Waals surface area contributed by atoms with Crippen LogP contribution in [0.2, 0.25) is 0 Å². The number of halogens is 1. The molecule has 15 heavy (non-hydrogen) atoms. The first kappa shape index (κ1) is 10.8. The number of nitrogens with two attached hydrogens (primary N) is 1. The summed E-state index contributed by atoms with van der Waals surface area (Å²) in [4.78, 5) is 2.38. The quantitative estimate of drug-likeness (QED) is 0.835. The summed E-state index contributed by atoms with van der Waals surface area (Å²) < 4.78 is 1.16. The highest BCUT2D eigenvalue weighted by Gasteiger charge is 2.26. The average Bonchev–Trinajstić information content (AvgIpc) is 2.12. The zero-order valence-corrected chi connectivity index (χ0v) is 10.8. The van der Waals surface area contributed by atoms with Gasteiger partial charge in [-0.3, -0.25) is 0 Å². The minimum absolute atomic E-state index is 0.861. The van der Waals surface area contributed by atoms with E-state index in [4.69, 9.17) is 5.73 Å². The van der Waals surface area contributed by atoms with Crippen molar-refractivity contribution in [3.63, 3.8) is 0 Å². The third kappa shape index (κ3) is 1.98. The predicted octanol–water partition coefficient (Wildman–Crippen LogP) is 3.19. The molecule has 1 aromatic rings. The van der Waals surface area contributed by atoms with Crippen molar-refractivity contribution in [2.24, 2.45) is 5.92 Å². The molecule has 1 fully saturated rings. The third-order valence-corrected chi connectivity index (χ3v) is 3.85. The molecule has 0 bridgehead atoms. The number of anilines is 2. The van der Waals surface area contributed by atoms with Gasteiger partial charge in [-0.15, -0.1) is 0 Å². The van der Waals surface area contributed by atoms with Gasteiger partial charge in [0.05, 0.1) is 5.69 Å². The SMILES string of the molecule is CCC1CN(c2cc(N)c(C)cc2Br)C1. The molecule has 1 aromatic carbocycles. The molecule has 2 nitrogen and oxygen atoms in total. The molecule has 0 aromatic heterocycles. The minimum Gasteiger partial charge on any atom is -0.398 e. The minimum atomic E-state index is 0.861. The van der Waals surface area contributed by atoms with E-state index >= 15 is 0 Å². The Labute approximate surface area is 99.6 Å². The van der Waals surface area contributed by atoms with E-state index in [-0.39, 0.29) is 0 Å². The number of benzene rings is 1. The van der Waals surface area contributed by atoms with Gasteiger partial charge in [0.2, 0.25) is 0 Å². The molecule has 1 heterocycles. The molecular weight excluding hydrogens is 252 g/mol. The maximum absolute atomic E-state index is 5.93. The molecule has 1 aliphatic rings. The van der Waals surface area contributed by atoms with Crippen LogP contribution in [0.5, 0.6) is 0 Å². The number of hydrogen-bond acceptors (Lipinski definition) is 2. The summed E-state index contributed by atoms with van der Waals surface area (Å²) in [6, 6.07) is 4.18. The number of nitrogen functional groups attached to an aromatic ring is 1. The predicted molar refractivity (Wildman–Crippen MR) is 69.3 cm³/mol. The van der Waals surface area contributed by atoms with Gasteiger partial charge in [0.1, 0.15) is 0 Å². The van der Waals surface area contributed by atoms with E-state index in [9.17, 15) is 0 Å². The second-order valence-electron chi connectivity index (χ2n) is 4.34. The zero-order chi connectivity index (χ0) is 11.0. The Morgan fingerprint density at radius 1 is 1.47 bits per heavy atom. The van der Waals surface area contributed by atoms with E-state index in [0.717, 1.165) is 34.7 Å². The van der Waals surface area contributed by atoms with Gasteiger partial charge in [0.25, 0.3) is 0 Å². The molecule has 3 heteroatoms. The maximum Gasteiger partial charge on any atom is 0.0531 e. The first-order valence-electron chi connectivity index (χ1n) is 5.42. The van der Waals surface area contributed by atoms with E-state index in [2.05, 4.69) is 39.9 Å². The van der Waals surface area contributed by atoms with E-state index in [0.29, 0.717) is 0 Å². The molecule has 0 amide bonds. The summed E-state index contributed by atoms with van der Waals surface area (Å²) in [5.41, 5.74) is 9.18. The molecule has 2 N–H and O–H groups in total. The number of hydrogen-bond donors (Lipinski definition) is 1. The molecule has 1 saturated heterocycles. The van der Waals surface area contributed by atoms with Crippen LogP contribution in [0.1, 0.15) is 18.9 Å². The molecule has 0 aliphatic carbocycles. The lowest BCUT2D eigenvalue weighted by atomic mass is 9.96. The van der Waals surface area contributed by atoms with Crippen LogP contribution >= 0.6 is 15.9 Å². The normalized spacial score (nSPS) is 16.6. The van der Waals surface area contributed by atoms with Gasteiger partial charge in [-0.1, -0.05) is 6.92 Å². The van der Waals surface area contributed by atoms with Crippen LogP contribution < -0.4 is 10.6 Å². The Kier molecular flexibility index (Phi) is 2.91. The summed E-state index contributed by atoms with van der Waals surface area (Å²) in [5, 5.41) is 0. The third-order valence-electron chi connectivity index (χ3n) is 3.21. The van der Waals surface area contributed by atoms with Gasteiger partial charge in [-0.2, -0.15) is 0 Å². The second kappa shape index (κ2) is 4.05. The summed E-state index contributed by atoms with van der Waals surface area (Å²) in [6.07, 6.45) is 1.27. The number of aryl methyl sites for hydroxylation is 1. The van der Waals surface area contributed by atoms with Crippen LogP contribution in [-0.2, 0) is 0 Å². The first-order chi connectivity index (χ1) is 7.11. The van der Waals surface area contributed by atoms with Gasteiger partial charge in [0.15, 0.2) is 0 Å². The lowest BCUT2D eigenvalue weighted by Gasteiger charge is -2.41. The Bertz CT molecular complexity index is 370. The molecule has 2 rings (SSSR count). The van der Waals surface area contributed by atoms with Crippen LogP contribution in [0.4, 0.5) is 11.4 Å². The van der Waals surface area contributed by atoms with Gasteiger partial charge < -0.3 is 10.6 Å². The van der Waals surface area contributed by atoms with Gasteiger partial charge in [-0.25, -0.2) is 0 Å². The van der Waals surface area contributed by atoms with Crippen molar-refractivity contribution in [2.45, 2.75) is 20.3 Å². The van der Waals surface area contributed by atoms with Crippen molar-refractivity contribution in [1.29, 1.82) is 0 Å². The summed E-state index contributed by atoms with van der Waals surface area (Å²) in [7, 11) is 0. The smallest absolute Gasteiger partial charge is 0.0531 e. The lowest BCUT2D eigenvalue weighted by molar-refractivity contribution is 0.398. The van der Waals surface area contributed by atoms with E-state index in [1.54, 1.807) is 0 Å². The molecule has 82 valence electrons. The van der Waals surface area contributed by atoms with Crippen LogP contribution in [0.15, 0.2) is 16.6 Å². The van der Waals surface area contributed by atoms with Crippen LogP contribution in [0.3, 0.4) is 0 Å². The van der Waals surface area contributed by atoms with Crippen LogP contribution in [-0.4, -0.2) is 13.1 Å². The van der Waals surface area contributed by atoms with Gasteiger partial charge >= 0.3 is 0 Å². The average molecular weight is 269 g/mol. The number of rotatable bonds is 2. The highest BCUT2D eigenvalue weighted by Crippen LogP contribution is 2.35. The van der Waals surface area contributed by atoms with Crippen molar-refractivity contribution < 1.29 is 0 Å². The number of nitrogens with zero attached hydrogens (tertiary/aromatic N) is 1. The van der Waals surface area contributed by atoms with Crippen molar-refractivity contribution in [2.75, 3.05) is 23.7 Å². The van der Waals surface area contributed by atoms with E-state index in [1.807, 2.05) is 6.92 Å². The fraction of sp³-hybridized carbons (Fsp3) is 0.500. The monoisotopic (exact) mass is 268 g/mol. The molecule has 0 unspecified atom stereocenters. The summed E-state index contributed by atoms with van der Waals surface area (Å²) in [5.74, 6) is 0.861. The second-order valence-corrected chi connectivity index (χ2v) is 5.19. The van der Waals surface area contributed by atoms with Crippen LogP contribution in [0.25, 0.3) is 0 Å². The van der Waals surface area contributed by atoms with Crippen molar-refractivity contribution >= 4 is 27.3 Å². The van der Waals surface area contributed by atoms with E-state index < -0.39 is 0 Å². The Morgan fingerprint density at radius 3 is 2.73 bits per heavy atom. The fourth-order valence-corrected chi connectivity index (χ4v) is 2.65. The van der Waals surface area contributed by atoms with Crippen molar-refractivity contribution in [3.05, 3.63) is 22.2 Å². The maximum atomic E-state index is 5.93. The van der Waals surface area contributed by atoms with Crippen LogP contribution in [0, 0.1) is 12.8 Å². The lowest BCUT2D eigenvalue weighted by Crippen LogP contribution is -2.46. The molecule has 0 atom stereocenters. The molecule has 0 saturated carbocycles. The topological polar surface area (TPSA) is 29.3 Å². The Balaban J connectivity index is 2.19. The Hall–Kier alpha value is -0.700. The summed E-state index contributed by atoms with van der Waals surface area (Å²) >= 11 is 3.60. The fourth-order valence-electron chi connectivity index (χ4n) is 1.94. The van der Waals surface area contributed by atoms with Gasteiger partial charge in [-0.05, 0) is 52.9 Å². The van der Waals surface area contributed by atoms with E-state index in [1.165, 1.54) is 12.1 Å². The van der Waals surface area contributed by atoms with Crippen molar-refractivity contribution in [1.82, 2.24) is 0 Å². The highest BCUT2D eigenvalue weighted by atomic mass is 79.9. The summed E-state index contributed by atoms with van der Waals surface area (Å²) in [6.45, 7) is 6.62. The standard InChI is InChI=1S/C12H17BrN2/c1-3-9-6-15(7-9)12-5-11(14)8(2)4-10(12)13/h4-5,9H,3,6-7,14H2,1-2H3. The molecule has 1 aliphatic heterocycles. The largest absolute Gasteiger partial charge is 0.398 e. The molecular formula is C12H17BrN2. The highest BCUT2D eigenvalue weighted by molar-refractivity contribution is 9.10. The Morgan fingerprint density at radius 2 is 2.13 bits per heavy atom.